The van der Waals surface area contributed by atoms with Crippen LogP contribution >= 0.6 is 11.8 Å². The third kappa shape index (κ3) is 3.88. The van der Waals surface area contributed by atoms with E-state index in [1.807, 2.05) is 12.1 Å². The molecule has 0 aliphatic carbocycles. The summed E-state index contributed by atoms with van der Waals surface area (Å²) in [6.07, 6.45) is 1.27. The highest BCUT2D eigenvalue weighted by Gasteiger charge is 2.12. The number of esters is 1. The van der Waals surface area contributed by atoms with Gasteiger partial charge in [-0.25, -0.2) is 4.79 Å². The zero-order valence-corrected chi connectivity index (χ0v) is 12.4. The number of benzene rings is 1. The van der Waals surface area contributed by atoms with Crippen molar-refractivity contribution in [1.82, 2.24) is 0 Å². The van der Waals surface area contributed by atoms with Crippen LogP contribution in [0.2, 0.25) is 0 Å². The van der Waals surface area contributed by atoms with Gasteiger partial charge in [0.15, 0.2) is 5.43 Å². The second-order valence-electron chi connectivity index (χ2n) is 3.97. The minimum atomic E-state index is -0.643. The maximum Gasteiger partial charge on any atom is 0.374 e. The molecule has 1 heterocycles. The molecule has 0 radical (unpaired) electrons. The van der Waals surface area contributed by atoms with Crippen molar-refractivity contribution >= 4 is 17.7 Å². The molecule has 0 N–H and O–H groups in total. The minimum absolute atomic E-state index is 0.0964. The van der Waals surface area contributed by atoms with Crippen molar-refractivity contribution in [1.29, 1.82) is 0 Å². The van der Waals surface area contributed by atoms with Crippen LogP contribution in [-0.4, -0.2) is 19.7 Å². The Morgan fingerprint density at radius 1 is 1.29 bits per heavy atom. The van der Waals surface area contributed by atoms with Crippen molar-refractivity contribution < 1.29 is 18.7 Å². The topological polar surface area (TPSA) is 65.7 Å². The standard InChI is InChI=1S/C15H14O5S/c1-3-19-15(17)13-8-12(16)14(9-20-13)21-11-6-4-10(18-2)5-7-11/h4-9H,3H2,1-2H3. The molecule has 1 aromatic heterocycles. The van der Waals surface area contributed by atoms with Crippen LogP contribution in [0.4, 0.5) is 0 Å². The second kappa shape index (κ2) is 6.99. The number of rotatable bonds is 5. The Hall–Kier alpha value is -2.21. The third-order valence-corrected chi connectivity index (χ3v) is 3.59. The predicted octanol–water partition coefficient (Wildman–Crippen LogP) is 2.98. The molecular formula is C15H14O5S. The Bertz CT molecular complexity index is 675. The van der Waals surface area contributed by atoms with Crippen molar-refractivity contribution in [2.24, 2.45) is 0 Å². The van der Waals surface area contributed by atoms with Gasteiger partial charge in [0.1, 0.15) is 12.0 Å². The summed E-state index contributed by atoms with van der Waals surface area (Å²) < 4.78 is 15.0. The molecule has 5 nitrogen and oxygen atoms in total. The van der Waals surface area contributed by atoms with E-state index >= 15 is 0 Å². The third-order valence-electron chi connectivity index (χ3n) is 2.56. The van der Waals surface area contributed by atoms with Gasteiger partial charge in [0.05, 0.1) is 18.6 Å². The first-order valence-corrected chi connectivity index (χ1v) is 7.07. The maximum absolute atomic E-state index is 12.0. The molecule has 0 aliphatic heterocycles. The van der Waals surface area contributed by atoms with Gasteiger partial charge in [-0.15, -0.1) is 0 Å². The molecule has 110 valence electrons. The predicted molar refractivity (Wildman–Crippen MR) is 78.1 cm³/mol. The summed E-state index contributed by atoms with van der Waals surface area (Å²) in [6.45, 7) is 1.91. The number of carbonyl (C=O) groups excluding carboxylic acids is 1. The van der Waals surface area contributed by atoms with Crippen LogP contribution in [-0.2, 0) is 4.74 Å². The number of ether oxygens (including phenoxy) is 2. The molecule has 2 aromatic rings. The van der Waals surface area contributed by atoms with Crippen LogP contribution in [0.1, 0.15) is 17.5 Å². The maximum atomic E-state index is 12.0. The lowest BCUT2D eigenvalue weighted by Crippen LogP contribution is -2.10. The van der Waals surface area contributed by atoms with E-state index < -0.39 is 5.97 Å². The van der Waals surface area contributed by atoms with Gasteiger partial charge < -0.3 is 13.9 Å². The zero-order valence-electron chi connectivity index (χ0n) is 11.6. The molecule has 0 spiro atoms. The second-order valence-corrected chi connectivity index (χ2v) is 5.09. The monoisotopic (exact) mass is 306 g/mol. The van der Waals surface area contributed by atoms with Gasteiger partial charge in [0, 0.05) is 11.0 Å². The molecule has 0 unspecified atom stereocenters. The first kappa shape index (κ1) is 15.2. The minimum Gasteiger partial charge on any atom is -0.497 e. The lowest BCUT2D eigenvalue weighted by molar-refractivity contribution is 0.0486. The number of hydrogen-bond acceptors (Lipinski definition) is 6. The summed E-state index contributed by atoms with van der Waals surface area (Å²) in [4.78, 5) is 24.7. The first-order valence-electron chi connectivity index (χ1n) is 6.26. The van der Waals surface area contributed by atoms with Crippen molar-refractivity contribution in [2.75, 3.05) is 13.7 Å². The lowest BCUT2D eigenvalue weighted by atomic mass is 10.3. The Labute approximate surface area is 125 Å². The van der Waals surface area contributed by atoms with Gasteiger partial charge in [-0.05, 0) is 31.2 Å². The van der Waals surface area contributed by atoms with Crippen molar-refractivity contribution in [3.05, 3.63) is 52.6 Å². The van der Waals surface area contributed by atoms with Gasteiger partial charge >= 0.3 is 5.97 Å². The van der Waals surface area contributed by atoms with Crippen LogP contribution in [0.25, 0.3) is 0 Å². The molecule has 21 heavy (non-hydrogen) atoms. The molecule has 0 saturated carbocycles. The summed E-state index contributed by atoms with van der Waals surface area (Å²) in [5, 5.41) is 0. The zero-order chi connectivity index (χ0) is 15.2. The summed E-state index contributed by atoms with van der Waals surface area (Å²) >= 11 is 1.25. The van der Waals surface area contributed by atoms with Crippen LogP contribution in [0.5, 0.6) is 5.75 Å². The highest BCUT2D eigenvalue weighted by atomic mass is 32.2. The van der Waals surface area contributed by atoms with Crippen LogP contribution < -0.4 is 10.2 Å². The molecule has 0 aliphatic rings. The largest absolute Gasteiger partial charge is 0.497 e. The number of methoxy groups -OCH3 is 1. The Kier molecular flexibility index (Phi) is 5.05. The Morgan fingerprint density at radius 3 is 2.57 bits per heavy atom. The molecule has 0 bridgehead atoms. The normalized spacial score (nSPS) is 10.2. The number of hydrogen-bond donors (Lipinski definition) is 0. The Balaban J connectivity index is 2.17. The average Bonchev–Trinajstić information content (AvgIpc) is 2.50. The van der Waals surface area contributed by atoms with Gasteiger partial charge in [-0.3, -0.25) is 4.79 Å². The average molecular weight is 306 g/mol. The van der Waals surface area contributed by atoms with Crippen molar-refractivity contribution in [3.63, 3.8) is 0 Å². The van der Waals surface area contributed by atoms with E-state index in [2.05, 4.69) is 0 Å². The van der Waals surface area contributed by atoms with E-state index in [-0.39, 0.29) is 17.8 Å². The van der Waals surface area contributed by atoms with Crippen LogP contribution in [0, 0.1) is 0 Å². The van der Waals surface area contributed by atoms with E-state index in [0.29, 0.717) is 4.90 Å². The van der Waals surface area contributed by atoms with E-state index in [1.54, 1.807) is 26.2 Å². The Morgan fingerprint density at radius 2 is 2.00 bits per heavy atom. The molecular weight excluding hydrogens is 292 g/mol. The van der Waals surface area contributed by atoms with Gasteiger partial charge in [0.25, 0.3) is 0 Å². The fourth-order valence-electron chi connectivity index (χ4n) is 1.55. The summed E-state index contributed by atoms with van der Waals surface area (Å²) in [7, 11) is 1.59. The fourth-order valence-corrected chi connectivity index (χ4v) is 2.34. The number of carbonyl (C=O) groups is 1. The fraction of sp³-hybridized carbons (Fsp3) is 0.200. The summed E-state index contributed by atoms with van der Waals surface area (Å²) in [5.41, 5.74) is -0.287. The SMILES string of the molecule is CCOC(=O)c1cc(=O)c(Sc2ccc(OC)cc2)co1. The van der Waals surface area contributed by atoms with Crippen LogP contribution in [0.15, 0.2) is 55.6 Å². The molecule has 2 rings (SSSR count). The van der Waals surface area contributed by atoms with Gasteiger partial charge in [0.2, 0.25) is 5.76 Å². The molecule has 0 atom stereocenters. The smallest absolute Gasteiger partial charge is 0.374 e. The molecule has 0 amide bonds. The quantitative estimate of drug-likeness (QED) is 0.791. The molecule has 6 heteroatoms. The van der Waals surface area contributed by atoms with E-state index in [1.165, 1.54) is 18.0 Å². The lowest BCUT2D eigenvalue weighted by Gasteiger charge is -2.04. The molecule has 1 aromatic carbocycles. The highest BCUT2D eigenvalue weighted by molar-refractivity contribution is 7.99. The summed E-state index contributed by atoms with van der Waals surface area (Å²) in [6, 6.07) is 8.42. The molecule has 0 fully saturated rings. The van der Waals surface area contributed by atoms with Gasteiger partial charge in [-0.2, -0.15) is 0 Å². The van der Waals surface area contributed by atoms with E-state index in [9.17, 15) is 9.59 Å². The van der Waals surface area contributed by atoms with Crippen LogP contribution in [0.3, 0.4) is 0 Å². The molecule has 0 saturated heterocycles. The highest BCUT2D eigenvalue weighted by Crippen LogP contribution is 2.26. The van der Waals surface area contributed by atoms with Crippen molar-refractivity contribution in [2.45, 2.75) is 16.7 Å². The van der Waals surface area contributed by atoms with E-state index in [4.69, 9.17) is 13.9 Å². The van der Waals surface area contributed by atoms with Crippen molar-refractivity contribution in [3.8, 4) is 5.75 Å². The first-order chi connectivity index (χ1) is 10.1. The van der Waals surface area contributed by atoms with E-state index in [0.717, 1.165) is 16.7 Å². The van der Waals surface area contributed by atoms with Gasteiger partial charge in [-0.1, -0.05) is 11.8 Å². The summed E-state index contributed by atoms with van der Waals surface area (Å²) in [5.74, 6) is 0.000529.